The van der Waals surface area contributed by atoms with E-state index in [9.17, 15) is 4.79 Å². The molecule has 122 valence electrons. The Balaban J connectivity index is 1.56. The normalized spacial score (nSPS) is 10.3. The molecule has 2 aromatic rings. The van der Waals surface area contributed by atoms with Crippen molar-refractivity contribution >= 4 is 29.3 Å². The lowest BCUT2D eigenvalue weighted by Crippen LogP contribution is -2.29. The predicted octanol–water partition coefficient (Wildman–Crippen LogP) is 4.08. The molecule has 0 fully saturated rings. The minimum absolute atomic E-state index is 0.0295. The predicted molar refractivity (Wildman–Crippen MR) is 97.3 cm³/mol. The van der Waals surface area contributed by atoms with Crippen molar-refractivity contribution in [2.45, 2.75) is 12.7 Å². The molecule has 0 saturated carbocycles. The summed E-state index contributed by atoms with van der Waals surface area (Å²) in [6.07, 6.45) is 0. The van der Waals surface area contributed by atoms with Gasteiger partial charge in [-0.25, -0.2) is 0 Å². The number of thioether (sulfide) groups is 1. The van der Waals surface area contributed by atoms with E-state index in [1.54, 1.807) is 23.9 Å². The maximum atomic E-state index is 11.7. The summed E-state index contributed by atoms with van der Waals surface area (Å²) in [5, 5.41) is 3.53. The van der Waals surface area contributed by atoms with Gasteiger partial charge < -0.3 is 10.1 Å². The number of amides is 1. The van der Waals surface area contributed by atoms with E-state index in [2.05, 4.69) is 36.5 Å². The molecule has 0 aliphatic rings. The van der Waals surface area contributed by atoms with Crippen LogP contribution in [0.5, 0.6) is 5.75 Å². The van der Waals surface area contributed by atoms with Gasteiger partial charge in [-0.05, 0) is 36.8 Å². The lowest BCUT2D eigenvalue weighted by atomic mass is 10.2. The monoisotopic (exact) mass is 349 g/mol. The molecule has 5 heteroatoms. The van der Waals surface area contributed by atoms with Crippen LogP contribution < -0.4 is 10.1 Å². The molecule has 23 heavy (non-hydrogen) atoms. The molecular formula is C18H20ClNO2S. The van der Waals surface area contributed by atoms with Gasteiger partial charge in [0.2, 0.25) is 5.91 Å². The maximum Gasteiger partial charge on any atom is 0.230 e. The molecule has 0 aromatic heterocycles. The molecule has 0 heterocycles. The van der Waals surface area contributed by atoms with Crippen molar-refractivity contribution < 1.29 is 9.53 Å². The van der Waals surface area contributed by atoms with E-state index >= 15 is 0 Å². The van der Waals surface area contributed by atoms with E-state index < -0.39 is 0 Å². The average Bonchev–Trinajstić information content (AvgIpc) is 2.55. The van der Waals surface area contributed by atoms with Crippen molar-refractivity contribution in [3.05, 3.63) is 64.7 Å². The lowest BCUT2D eigenvalue weighted by molar-refractivity contribution is -0.118. The molecule has 1 N–H and O–H groups in total. The van der Waals surface area contributed by atoms with Crippen molar-refractivity contribution in [3.63, 3.8) is 0 Å². The van der Waals surface area contributed by atoms with Crippen LogP contribution in [0.25, 0.3) is 0 Å². The summed E-state index contributed by atoms with van der Waals surface area (Å²) < 4.78 is 5.52. The van der Waals surface area contributed by atoms with Crippen LogP contribution in [0.3, 0.4) is 0 Å². The summed E-state index contributed by atoms with van der Waals surface area (Å²) in [5.41, 5.74) is 2.48. The third-order valence-corrected chi connectivity index (χ3v) is 4.38. The summed E-state index contributed by atoms with van der Waals surface area (Å²) in [6, 6.07) is 15.5. The van der Waals surface area contributed by atoms with E-state index in [4.69, 9.17) is 16.3 Å². The van der Waals surface area contributed by atoms with Crippen LogP contribution in [0, 0.1) is 6.92 Å². The number of rotatable bonds is 8. The smallest absolute Gasteiger partial charge is 0.230 e. The first-order chi connectivity index (χ1) is 11.1. The zero-order valence-electron chi connectivity index (χ0n) is 13.0. The third-order valence-electron chi connectivity index (χ3n) is 3.13. The number of halogens is 1. The minimum atomic E-state index is 0.0295. The zero-order valence-corrected chi connectivity index (χ0v) is 14.6. The lowest BCUT2D eigenvalue weighted by Gasteiger charge is -2.08. The van der Waals surface area contributed by atoms with Crippen LogP contribution >= 0.6 is 23.4 Å². The van der Waals surface area contributed by atoms with Gasteiger partial charge in [-0.15, -0.1) is 11.8 Å². The molecule has 0 bridgehead atoms. The number of ether oxygens (including phenoxy) is 1. The molecule has 0 radical (unpaired) electrons. The highest BCUT2D eigenvalue weighted by atomic mass is 35.5. The quantitative estimate of drug-likeness (QED) is 0.730. The van der Waals surface area contributed by atoms with E-state index in [1.165, 1.54) is 11.1 Å². The Morgan fingerprint density at radius 2 is 1.83 bits per heavy atom. The largest absolute Gasteiger partial charge is 0.492 e. The summed E-state index contributed by atoms with van der Waals surface area (Å²) in [6.45, 7) is 3.00. The van der Waals surface area contributed by atoms with E-state index in [1.807, 2.05) is 12.1 Å². The second-order valence-electron chi connectivity index (χ2n) is 5.13. The van der Waals surface area contributed by atoms with E-state index in [0.717, 1.165) is 11.5 Å². The van der Waals surface area contributed by atoms with Crippen molar-refractivity contribution in [1.82, 2.24) is 5.32 Å². The van der Waals surface area contributed by atoms with E-state index in [-0.39, 0.29) is 5.91 Å². The molecule has 2 aromatic carbocycles. The van der Waals surface area contributed by atoms with E-state index in [0.29, 0.717) is 23.9 Å². The highest BCUT2D eigenvalue weighted by molar-refractivity contribution is 7.99. The van der Waals surface area contributed by atoms with Crippen molar-refractivity contribution in [2.75, 3.05) is 18.9 Å². The second-order valence-corrected chi connectivity index (χ2v) is 6.55. The Hall–Kier alpha value is -1.65. The number of aryl methyl sites for hydroxylation is 1. The summed E-state index contributed by atoms with van der Waals surface area (Å²) >= 11 is 7.41. The molecule has 0 aliphatic heterocycles. The summed E-state index contributed by atoms with van der Waals surface area (Å²) in [5.74, 6) is 2.07. The van der Waals surface area contributed by atoms with Crippen molar-refractivity contribution in [1.29, 1.82) is 0 Å². The highest BCUT2D eigenvalue weighted by Crippen LogP contribution is 2.15. The molecule has 0 unspecified atom stereocenters. The fraction of sp³-hybridized carbons (Fsp3) is 0.278. The number of hydrogen-bond donors (Lipinski definition) is 1. The number of carbonyl (C=O) groups excluding carboxylic acids is 1. The molecule has 3 nitrogen and oxygen atoms in total. The molecule has 0 aliphatic carbocycles. The molecule has 0 atom stereocenters. The molecular weight excluding hydrogens is 330 g/mol. The molecule has 0 saturated heterocycles. The summed E-state index contributed by atoms with van der Waals surface area (Å²) in [4.78, 5) is 11.7. The third kappa shape index (κ3) is 6.97. The van der Waals surface area contributed by atoms with Gasteiger partial charge in [-0.1, -0.05) is 41.4 Å². The van der Waals surface area contributed by atoms with Gasteiger partial charge in [0.15, 0.2) is 0 Å². The van der Waals surface area contributed by atoms with Gasteiger partial charge in [0, 0.05) is 10.8 Å². The first-order valence-corrected chi connectivity index (χ1v) is 8.95. The van der Waals surface area contributed by atoms with Gasteiger partial charge >= 0.3 is 0 Å². The van der Waals surface area contributed by atoms with Gasteiger partial charge in [0.05, 0.1) is 12.3 Å². The van der Waals surface area contributed by atoms with Crippen LogP contribution in [0.15, 0.2) is 48.5 Å². The maximum absolute atomic E-state index is 11.7. The SMILES string of the molecule is Cc1ccc(CSCC(=O)NCCOc2ccc(Cl)cc2)cc1. The van der Waals surface area contributed by atoms with Crippen molar-refractivity contribution in [2.24, 2.45) is 0 Å². The van der Waals surface area contributed by atoms with Gasteiger partial charge in [0.25, 0.3) is 0 Å². The Morgan fingerprint density at radius 1 is 1.13 bits per heavy atom. The Kier molecular flexibility index (Phi) is 7.30. The Morgan fingerprint density at radius 3 is 2.52 bits per heavy atom. The van der Waals surface area contributed by atoms with Gasteiger partial charge in [-0.2, -0.15) is 0 Å². The Bertz CT molecular complexity index is 614. The number of benzene rings is 2. The highest BCUT2D eigenvalue weighted by Gasteiger charge is 2.02. The van der Waals surface area contributed by atoms with Gasteiger partial charge in [0.1, 0.15) is 12.4 Å². The van der Waals surface area contributed by atoms with Crippen LogP contribution in [-0.4, -0.2) is 24.8 Å². The van der Waals surface area contributed by atoms with Crippen LogP contribution in [0.1, 0.15) is 11.1 Å². The topological polar surface area (TPSA) is 38.3 Å². The Labute approximate surface area is 146 Å². The fourth-order valence-electron chi connectivity index (χ4n) is 1.89. The van der Waals surface area contributed by atoms with Crippen LogP contribution in [0.4, 0.5) is 0 Å². The van der Waals surface area contributed by atoms with Crippen molar-refractivity contribution in [3.8, 4) is 5.75 Å². The number of hydrogen-bond acceptors (Lipinski definition) is 3. The second kappa shape index (κ2) is 9.48. The van der Waals surface area contributed by atoms with Crippen LogP contribution in [0.2, 0.25) is 5.02 Å². The van der Waals surface area contributed by atoms with Crippen LogP contribution in [-0.2, 0) is 10.5 Å². The van der Waals surface area contributed by atoms with Gasteiger partial charge in [-0.3, -0.25) is 4.79 Å². The average molecular weight is 350 g/mol. The number of nitrogens with one attached hydrogen (secondary N) is 1. The molecule has 2 rings (SSSR count). The minimum Gasteiger partial charge on any atom is -0.492 e. The number of carbonyl (C=O) groups is 1. The zero-order chi connectivity index (χ0) is 16.5. The first-order valence-electron chi connectivity index (χ1n) is 7.42. The standard InChI is InChI=1S/C18H20ClNO2S/c1-14-2-4-15(5-3-14)12-23-13-18(21)20-10-11-22-17-8-6-16(19)7-9-17/h2-9H,10-13H2,1H3,(H,20,21). The molecule has 0 spiro atoms. The first kappa shape index (κ1) is 17.7. The molecule has 1 amide bonds. The summed E-state index contributed by atoms with van der Waals surface area (Å²) in [7, 11) is 0. The fourth-order valence-corrected chi connectivity index (χ4v) is 2.83.